The number of nitrogens with one attached hydrogen (secondary N) is 1. The van der Waals surface area contributed by atoms with E-state index in [1.165, 1.54) is 5.56 Å². The number of carbonyl (C=O) groups is 2. The number of amides is 2. The molecular formula is C16H20N2O2. The fourth-order valence-electron chi connectivity index (χ4n) is 2.39. The molecule has 0 aromatic heterocycles. The Kier molecular flexibility index (Phi) is 4.93. The molecule has 1 N–H and O–H groups in total. The van der Waals surface area contributed by atoms with Crippen LogP contribution in [-0.2, 0) is 16.0 Å². The van der Waals surface area contributed by atoms with Gasteiger partial charge in [-0.25, -0.2) is 0 Å². The van der Waals surface area contributed by atoms with Crippen molar-refractivity contribution < 1.29 is 9.59 Å². The zero-order valence-electron chi connectivity index (χ0n) is 11.5. The summed E-state index contributed by atoms with van der Waals surface area (Å²) in [5.41, 5.74) is 1.21. The quantitative estimate of drug-likeness (QED) is 0.795. The van der Waals surface area contributed by atoms with Crippen LogP contribution in [-0.4, -0.2) is 36.3 Å². The minimum Gasteiger partial charge on any atom is -0.352 e. The molecule has 1 heterocycles. The monoisotopic (exact) mass is 272 g/mol. The van der Waals surface area contributed by atoms with Gasteiger partial charge in [0.1, 0.15) is 0 Å². The van der Waals surface area contributed by atoms with Crippen LogP contribution < -0.4 is 5.32 Å². The Morgan fingerprint density at radius 2 is 2.15 bits per heavy atom. The Bertz CT molecular complexity index is 485. The molecule has 1 unspecified atom stereocenters. The van der Waals surface area contributed by atoms with E-state index in [9.17, 15) is 9.59 Å². The summed E-state index contributed by atoms with van der Waals surface area (Å²) in [4.78, 5) is 25.5. The Morgan fingerprint density at radius 3 is 2.85 bits per heavy atom. The third-order valence-corrected chi connectivity index (χ3v) is 3.52. The van der Waals surface area contributed by atoms with E-state index in [0.29, 0.717) is 26.1 Å². The van der Waals surface area contributed by atoms with Crippen molar-refractivity contribution in [3.05, 3.63) is 48.6 Å². The molecule has 1 atom stereocenters. The maximum absolute atomic E-state index is 11.9. The molecule has 0 spiro atoms. The highest BCUT2D eigenvalue weighted by Gasteiger charge is 2.33. The van der Waals surface area contributed by atoms with Gasteiger partial charge >= 0.3 is 0 Å². The number of hydrogen-bond donors (Lipinski definition) is 1. The molecule has 1 fully saturated rings. The van der Waals surface area contributed by atoms with Crippen LogP contribution in [0, 0.1) is 5.92 Å². The van der Waals surface area contributed by atoms with Gasteiger partial charge in [0.25, 0.3) is 0 Å². The van der Waals surface area contributed by atoms with E-state index in [1.807, 2.05) is 18.2 Å². The van der Waals surface area contributed by atoms with E-state index < -0.39 is 0 Å². The molecule has 20 heavy (non-hydrogen) atoms. The maximum Gasteiger partial charge on any atom is 0.225 e. The Morgan fingerprint density at radius 1 is 1.40 bits per heavy atom. The second kappa shape index (κ2) is 6.89. The lowest BCUT2D eigenvalue weighted by atomic mass is 10.1. The van der Waals surface area contributed by atoms with Crippen molar-refractivity contribution in [2.45, 2.75) is 12.8 Å². The zero-order valence-corrected chi connectivity index (χ0v) is 11.5. The lowest BCUT2D eigenvalue weighted by Gasteiger charge is -2.16. The van der Waals surface area contributed by atoms with Gasteiger partial charge in [0.15, 0.2) is 0 Å². The predicted molar refractivity (Wildman–Crippen MR) is 78.0 cm³/mol. The van der Waals surface area contributed by atoms with Gasteiger partial charge in [-0.15, -0.1) is 6.58 Å². The SMILES string of the molecule is C=CCNC(=O)C1CC(=O)N(CCc2ccccc2)C1. The minimum atomic E-state index is -0.224. The number of nitrogens with zero attached hydrogens (tertiary/aromatic N) is 1. The molecule has 1 aromatic carbocycles. The maximum atomic E-state index is 11.9. The molecule has 106 valence electrons. The third-order valence-electron chi connectivity index (χ3n) is 3.52. The van der Waals surface area contributed by atoms with Crippen LogP contribution in [0.25, 0.3) is 0 Å². The Balaban J connectivity index is 1.83. The van der Waals surface area contributed by atoms with Crippen molar-refractivity contribution in [2.75, 3.05) is 19.6 Å². The molecule has 1 aliphatic rings. The van der Waals surface area contributed by atoms with E-state index in [0.717, 1.165) is 6.42 Å². The molecule has 1 aromatic rings. The van der Waals surface area contributed by atoms with Crippen LogP contribution in [0.3, 0.4) is 0 Å². The summed E-state index contributed by atoms with van der Waals surface area (Å²) in [6, 6.07) is 10.1. The molecule has 0 radical (unpaired) electrons. The van der Waals surface area contributed by atoms with Crippen LogP contribution in [0.2, 0.25) is 0 Å². The van der Waals surface area contributed by atoms with Gasteiger partial charge in [-0.3, -0.25) is 9.59 Å². The summed E-state index contributed by atoms with van der Waals surface area (Å²) in [5.74, 6) is -0.210. The van der Waals surface area contributed by atoms with Crippen LogP contribution in [0.4, 0.5) is 0 Å². The van der Waals surface area contributed by atoms with E-state index >= 15 is 0 Å². The first-order valence-corrected chi connectivity index (χ1v) is 6.91. The van der Waals surface area contributed by atoms with Crippen molar-refractivity contribution in [2.24, 2.45) is 5.92 Å². The fraction of sp³-hybridized carbons (Fsp3) is 0.375. The minimum absolute atomic E-state index is 0.0551. The number of likely N-dealkylation sites (tertiary alicyclic amines) is 1. The smallest absolute Gasteiger partial charge is 0.225 e. The van der Waals surface area contributed by atoms with Crippen molar-refractivity contribution in [3.63, 3.8) is 0 Å². The van der Waals surface area contributed by atoms with Crippen molar-refractivity contribution in [1.82, 2.24) is 10.2 Å². The lowest BCUT2D eigenvalue weighted by Crippen LogP contribution is -2.33. The summed E-state index contributed by atoms with van der Waals surface area (Å²) in [7, 11) is 0. The summed E-state index contributed by atoms with van der Waals surface area (Å²) >= 11 is 0. The highest BCUT2D eigenvalue weighted by Crippen LogP contribution is 2.18. The normalized spacial score (nSPS) is 18.1. The van der Waals surface area contributed by atoms with E-state index in [2.05, 4.69) is 24.0 Å². The van der Waals surface area contributed by atoms with Gasteiger partial charge in [-0.05, 0) is 12.0 Å². The average molecular weight is 272 g/mol. The number of rotatable bonds is 6. The number of benzene rings is 1. The van der Waals surface area contributed by atoms with Crippen molar-refractivity contribution >= 4 is 11.8 Å². The van der Waals surface area contributed by atoms with Gasteiger partial charge < -0.3 is 10.2 Å². The molecule has 2 rings (SSSR count). The molecule has 2 amide bonds. The topological polar surface area (TPSA) is 49.4 Å². The Labute approximate surface area is 119 Å². The van der Waals surface area contributed by atoms with Crippen LogP contribution >= 0.6 is 0 Å². The van der Waals surface area contributed by atoms with E-state index in [-0.39, 0.29) is 17.7 Å². The molecular weight excluding hydrogens is 252 g/mol. The standard InChI is InChI=1S/C16H20N2O2/c1-2-9-17-16(20)14-11-15(19)18(12-14)10-8-13-6-4-3-5-7-13/h2-7,14H,1,8-12H2,(H,17,20). The number of hydrogen-bond acceptors (Lipinski definition) is 2. The van der Waals surface area contributed by atoms with Crippen LogP contribution in [0.15, 0.2) is 43.0 Å². The Hall–Kier alpha value is -2.10. The first kappa shape index (κ1) is 14.3. The van der Waals surface area contributed by atoms with Gasteiger partial charge in [0.2, 0.25) is 11.8 Å². The lowest BCUT2D eigenvalue weighted by molar-refractivity contribution is -0.128. The molecule has 0 aliphatic carbocycles. The van der Waals surface area contributed by atoms with Gasteiger partial charge in [-0.1, -0.05) is 36.4 Å². The van der Waals surface area contributed by atoms with Crippen LogP contribution in [0.1, 0.15) is 12.0 Å². The summed E-state index contributed by atoms with van der Waals surface area (Å²) < 4.78 is 0. The second-order valence-electron chi connectivity index (χ2n) is 5.01. The first-order valence-electron chi connectivity index (χ1n) is 6.91. The molecule has 1 aliphatic heterocycles. The third kappa shape index (κ3) is 3.70. The molecule has 0 saturated carbocycles. The fourth-order valence-corrected chi connectivity index (χ4v) is 2.39. The average Bonchev–Trinajstić information content (AvgIpc) is 2.85. The molecule has 4 nitrogen and oxygen atoms in total. The van der Waals surface area contributed by atoms with E-state index in [1.54, 1.807) is 11.0 Å². The van der Waals surface area contributed by atoms with Gasteiger partial charge in [0, 0.05) is 26.1 Å². The van der Waals surface area contributed by atoms with Crippen molar-refractivity contribution in [3.8, 4) is 0 Å². The highest BCUT2D eigenvalue weighted by molar-refractivity contribution is 5.89. The van der Waals surface area contributed by atoms with Crippen molar-refractivity contribution in [1.29, 1.82) is 0 Å². The zero-order chi connectivity index (χ0) is 14.4. The first-order chi connectivity index (χ1) is 9.70. The highest BCUT2D eigenvalue weighted by atomic mass is 16.2. The van der Waals surface area contributed by atoms with Gasteiger partial charge in [-0.2, -0.15) is 0 Å². The summed E-state index contributed by atoms with van der Waals surface area (Å²) in [6.45, 7) is 5.21. The van der Waals surface area contributed by atoms with Crippen LogP contribution in [0.5, 0.6) is 0 Å². The second-order valence-corrected chi connectivity index (χ2v) is 5.01. The largest absolute Gasteiger partial charge is 0.352 e. The summed E-state index contributed by atoms with van der Waals surface area (Å²) in [5, 5.41) is 2.75. The van der Waals surface area contributed by atoms with E-state index in [4.69, 9.17) is 0 Å². The van der Waals surface area contributed by atoms with Gasteiger partial charge in [0.05, 0.1) is 5.92 Å². The molecule has 0 bridgehead atoms. The molecule has 4 heteroatoms. The number of carbonyl (C=O) groups excluding carboxylic acids is 2. The molecule has 1 saturated heterocycles. The predicted octanol–water partition coefficient (Wildman–Crippen LogP) is 1.38. The summed E-state index contributed by atoms with van der Waals surface area (Å²) in [6.07, 6.45) is 2.78.